The van der Waals surface area contributed by atoms with Crippen molar-refractivity contribution in [2.24, 2.45) is 0 Å². The van der Waals surface area contributed by atoms with Crippen LogP contribution in [0.1, 0.15) is 11.5 Å². The van der Waals surface area contributed by atoms with E-state index in [-0.39, 0.29) is 0 Å². The van der Waals surface area contributed by atoms with E-state index < -0.39 is 5.92 Å². The zero-order valence-corrected chi connectivity index (χ0v) is 7.75. The maximum Gasteiger partial charge on any atom is 0.158 e. The van der Waals surface area contributed by atoms with Crippen LogP contribution in [0, 0.1) is 22.7 Å². The highest BCUT2D eigenvalue weighted by Crippen LogP contribution is 2.18. The molecule has 0 heterocycles. The Balaban J connectivity index is 3.06. The number of benzene rings is 1. The number of nitriles is 2. The van der Waals surface area contributed by atoms with Gasteiger partial charge in [0, 0.05) is 4.47 Å². The summed E-state index contributed by atoms with van der Waals surface area (Å²) in [5, 5.41) is 17.2. The molecule has 2 nitrogen and oxygen atoms in total. The lowest BCUT2D eigenvalue weighted by Crippen LogP contribution is -1.90. The number of nitrogens with zero attached hydrogens (tertiary/aromatic N) is 2. The monoisotopic (exact) mass is 220 g/mol. The van der Waals surface area contributed by atoms with Crippen LogP contribution >= 0.6 is 15.9 Å². The van der Waals surface area contributed by atoms with Gasteiger partial charge >= 0.3 is 0 Å². The quantitative estimate of drug-likeness (QED) is 0.731. The van der Waals surface area contributed by atoms with Crippen molar-refractivity contribution in [3.05, 3.63) is 34.3 Å². The van der Waals surface area contributed by atoms with E-state index in [0.29, 0.717) is 0 Å². The van der Waals surface area contributed by atoms with Gasteiger partial charge in [-0.25, -0.2) is 0 Å². The molecule has 0 spiro atoms. The molecule has 3 heteroatoms. The number of halogens is 1. The molecule has 0 atom stereocenters. The van der Waals surface area contributed by atoms with Crippen LogP contribution in [0.25, 0.3) is 0 Å². The lowest BCUT2D eigenvalue weighted by atomic mass is 10.0. The van der Waals surface area contributed by atoms with Crippen LogP contribution in [-0.2, 0) is 0 Å². The lowest BCUT2D eigenvalue weighted by Gasteiger charge is -1.99. The van der Waals surface area contributed by atoms with Crippen molar-refractivity contribution < 1.29 is 0 Å². The van der Waals surface area contributed by atoms with Gasteiger partial charge in [0.05, 0.1) is 12.1 Å². The van der Waals surface area contributed by atoms with Gasteiger partial charge in [0.25, 0.3) is 0 Å². The summed E-state index contributed by atoms with van der Waals surface area (Å²) in [5.41, 5.74) is 0.731. The molecule has 0 aromatic heterocycles. The summed E-state index contributed by atoms with van der Waals surface area (Å²) < 4.78 is 0.885. The highest BCUT2D eigenvalue weighted by molar-refractivity contribution is 9.10. The Labute approximate surface area is 79.2 Å². The molecule has 1 aromatic carbocycles. The predicted molar refractivity (Wildman–Crippen MR) is 48.1 cm³/mol. The van der Waals surface area contributed by atoms with E-state index in [1.807, 2.05) is 18.2 Å². The van der Waals surface area contributed by atoms with Gasteiger partial charge in [-0.15, -0.1) is 0 Å². The Hall–Kier alpha value is -1.32. The Kier molecular flexibility index (Phi) is 2.85. The largest absolute Gasteiger partial charge is 0.196 e. The van der Waals surface area contributed by atoms with E-state index in [9.17, 15) is 0 Å². The third kappa shape index (κ3) is 1.84. The van der Waals surface area contributed by atoms with Crippen LogP contribution in [0.5, 0.6) is 0 Å². The zero-order valence-electron chi connectivity index (χ0n) is 6.16. The van der Waals surface area contributed by atoms with Crippen LogP contribution in [0.2, 0.25) is 0 Å². The Morgan fingerprint density at radius 1 is 1.25 bits per heavy atom. The van der Waals surface area contributed by atoms with Crippen molar-refractivity contribution in [2.75, 3.05) is 0 Å². The van der Waals surface area contributed by atoms with E-state index >= 15 is 0 Å². The minimum atomic E-state index is -0.664. The fourth-order valence-electron chi connectivity index (χ4n) is 0.864. The molecule has 1 rings (SSSR count). The SMILES string of the molecule is N#CC(C#N)c1cccc(Br)c1. The third-order valence-corrected chi connectivity index (χ3v) is 1.93. The van der Waals surface area contributed by atoms with E-state index in [2.05, 4.69) is 15.9 Å². The minimum Gasteiger partial charge on any atom is -0.196 e. The maximum atomic E-state index is 8.58. The van der Waals surface area contributed by atoms with Gasteiger partial charge < -0.3 is 0 Å². The Morgan fingerprint density at radius 2 is 1.92 bits per heavy atom. The summed E-state index contributed by atoms with van der Waals surface area (Å²) in [5.74, 6) is -0.664. The average molecular weight is 221 g/mol. The Bertz CT molecular complexity index is 346. The molecule has 0 unspecified atom stereocenters. The van der Waals surface area contributed by atoms with Crippen molar-refractivity contribution in [2.45, 2.75) is 5.92 Å². The van der Waals surface area contributed by atoms with Crippen LogP contribution in [-0.4, -0.2) is 0 Å². The number of rotatable bonds is 1. The van der Waals surface area contributed by atoms with Gasteiger partial charge in [0.15, 0.2) is 5.92 Å². The molecule has 0 saturated heterocycles. The van der Waals surface area contributed by atoms with E-state index in [4.69, 9.17) is 10.5 Å². The van der Waals surface area contributed by atoms with Crippen molar-refractivity contribution >= 4 is 15.9 Å². The first-order chi connectivity index (χ1) is 5.77. The average Bonchev–Trinajstić information content (AvgIpc) is 2.07. The zero-order chi connectivity index (χ0) is 8.97. The molecular weight excluding hydrogens is 216 g/mol. The van der Waals surface area contributed by atoms with E-state index in [1.54, 1.807) is 18.2 Å². The third-order valence-electron chi connectivity index (χ3n) is 1.44. The molecule has 0 bridgehead atoms. The molecule has 0 aliphatic heterocycles. The fourth-order valence-corrected chi connectivity index (χ4v) is 1.28. The molecule has 0 aliphatic rings. The summed E-state index contributed by atoms with van der Waals surface area (Å²) in [4.78, 5) is 0. The van der Waals surface area contributed by atoms with Crippen LogP contribution in [0.4, 0.5) is 0 Å². The molecule has 0 fully saturated rings. The van der Waals surface area contributed by atoms with Gasteiger partial charge in [-0.05, 0) is 17.7 Å². The van der Waals surface area contributed by atoms with Gasteiger partial charge in [0.2, 0.25) is 0 Å². The van der Waals surface area contributed by atoms with Gasteiger partial charge in [0.1, 0.15) is 0 Å². The second kappa shape index (κ2) is 3.90. The predicted octanol–water partition coefficient (Wildman–Crippen LogP) is 2.58. The van der Waals surface area contributed by atoms with Gasteiger partial charge in [-0.1, -0.05) is 28.1 Å². The van der Waals surface area contributed by atoms with Crippen molar-refractivity contribution in [1.82, 2.24) is 0 Å². The molecule has 58 valence electrons. The summed E-state index contributed by atoms with van der Waals surface area (Å²) in [6, 6.07) is 11.0. The Morgan fingerprint density at radius 3 is 2.42 bits per heavy atom. The summed E-state index contributed by atoms with van der Waals surface area (Å²) in [6.45, 7) is 0. The smallest absolute Gasteiger partial charge is 0.158 e. The second-order valence-electron chi connectivity index (χ2n) is 2.25. The van der Waals surface area contributed by atoms with Crippen molar-refractivity contribution in [3.8, 4) is 12.1 Å². The number of hydrogen-bond donors (Lipinski definition) is 0. The molecule has 1 aromatic rings. The van der Waals surface area contributed by atoms with Crippen LogP contribution in [0.15, 0.2) is 28.7 Å². The molecule has 0 amide bonds. The molecule has 0 saturated carbocycles. The number of hydrogen-bond acceptors (Lipinski definition) is 2. The maximum absolute atomic E-state index is 8.58. The topological polar surface area (TPSA) is 47.6 Å². The molecule has 0 aliphatic carbocycles. The summed E-state index contributed by atoms with van der Waals surface area (Å²) >= 11 is 3.27. The standard InChI is InChI=1S/C9H5BrN2/c10-9-3-1-2-7(4-9)8(5-11)6-12/h1-4,8H. The molecule has 12 heavy (non-hydrogen) atoms. The molecule has 0 N–H and O–H groups in total. The fraction of sp³-hybridized carbons (Fsp3) is 0.111. The van der Waals surface area contributed by atoms with E-state index in [1.165, 1.54) is 0 Å². The molecule has 0 radical (unpaired) electrons. The van der Waals surface area contributed by atoms with Gasteiger partial charge in [-0.3, -0.25) is 0 Å². The highest BCUT2D eigenvalue weighted by Gasteiger charge is 2.07. The normalized spacial score (nSPS) is 9.00. The second-order valence-corrected chi connectivity index (χ2v) is 3.16. The van der Waals surface area contributed by atoms with Crippen molar-refractivity contribution in [1.29, 1.82) is 10.5 Å². The van der Waals surface area contributed by atoms with E-state index in [0.717, 1.165) is 10.0 Å². The highest BCUT2D eigenvalue weighted by atomic mass is 79.9. The first-order valence-electron chi connectivity index (χ1n) is 3.32. The first kappa shape index (κ1) is 8.77. The van der Waals surface area contributed by atoms with Crippen LogP contribution < -0.4 is 0 Å². The summed E-state index contributed by atoms with van der Waals surface area (Å²) in [7, 11) is 0. The minimum absolute atomic E-state index is 0.664. The summed E-state index contributed by atoms with van der Waals surface area (Å²) in [6.07, 6.45) is 0. The first-order valence-corrected chi connectivity index (χ1v) is 4.12. The van der Waals surface area contributed by atoms with Gasteiger partial charge in [-0.2, -0.15) is 10.5 Å². The van der Waals surface area contributed by atoms with Crippen LogP contribution in [0.3, 0.4) is 0 Å². The molecular formula is C9H5BrN2. The lowest BCUT2D eigenvalue weighted by molar-refractivity contribution is 1.10. The van der Waals surface area contributed by atoms with Crippen molar-refractivity contribution in [3.63, 3.8) is 0 Å².